The van der Waals surface area contributed by atoms with Crippen molar-refractivity contribution in [3.63, 3.8) is 0 Å². The van der Waals surface area contributed by atoms with Crippen LogP contribution < -0.4 is 0 Å². The molecule has 3 aliphatic rings. The molecule has 1 saturated carbocycles. The summed E-state index contributed by atoms with van der Waals surface area (Å²) >= 11 is 0. The molecule has 0 N–H and O–H groups in total. The first-order valence-corrected chi connectivity index (χ1v) is 10.4. The average molecular weight is 337 g/mol. The van der Waals surface area contributed by atoms with E-state index in [1.54, 1.807) is 6.20 Å². The largest absolute Gasteiger partial charge is 0.334 e. The van der Waals surface area contributed by atoms with E-state index in [0.717, 1.165) is 44.3 Å². The van der Waals surface area contributed by atoms with Gasteiger partial charge in [-0.2, -0.15) is 5.10 Å². The number of carbonyl (C=O) groups is 1. The van der Waals surface area contributed by atoms with Crippen LogP contribution in [0.1, 0.15) is 48.2 Å². The number of nitrogens with zero attached hydrogens (tertiary/aromatic N) is 3. The Morgan fingerprint density at radius 1 is 1.17 bits per heavy atom. The third-order valence-electron chi connectivity index (χ3n) is 5.32. The number of amides is 1. The van der Waals surface area contributed by atoms with E-state index in [2.05, 4.69) is 5.10 Å². The molecule has 126 valence electrons. The summed E-state index contributed by atoms with van der Waals surface area (Å²) in [5.74, 6) is 0.680. The Kier molecular flexibility index (Phi) is 3.70. The number of hydrogen-bond donors (Lipinski definition) is 0. The molecule has 2 aliphatic heterocycles. The summed E-state index contributed by atoms with van der Waals surface area (Å²) in [5.41, 5.74) is 1.72. The van der Waals surface area contributed by atoms with E-state index in [1.165, 1.54) is 0 Å². The summed E-state index contributed by atoms with van der Waals surface area (Å²) in [6.45, 7) is 1.42. The Balaban J connectivity index is 1.64. The Hall–Kier alpha value is -1.37. The minimum atomic E-state index is -3.04. The first-order valence-electron chi connectivity index (χ1n) is 8.61. The van der Waals surface area contributed by atoms with Crippen LogP contribution in [0.15, 0.2) is 6.20 Å². The van der Waals surface area contributed by atoms with E-state index < -0.39 is 9.84 Å². The number of hydrogen-bond acceptors (Lipinski definition) is 4. The molecule has 1 aromatic heterocycles. The lowest BCUT2D eigenvalue weighted by Gasteiger charge is -2.30. The predicted octanol–water partition coefficient (Wildman–Crippen LogP) is 1.26. The van der Waals surface area contributed by atoms with E-state index in [0.29, 0.717) is 24.4 Å². The van der Waals surface area contributed by atoms with Crippen molar-refractivity contribution in [2.24, 2.45) is 5.92 Å². The second-order valence-corrected chi connectivity index (χ2v) is 9.29. The zero-order chi connectivity index (χ0) is 16.0. The van der Waals surface area contributed by atoms with Gasteiger partial charge in [0.2, 0.25) is 0 Å². The summed E-state index contributed by atoms with van der Waals surface area (Å²) in [7, 11) is -3.04. The molecule has 0 bridgehead atoms. The molecular formula is C16H23N3O3S. The molecule has 0 spiro atoms. The molecule has 0 radical (unpaired) electrons. The maximum Gasteiger partial charge on any atom is 0.257 e. The van der Waals surface area contributed by atoms with Gasteiger partial charge in [-0.1, -0.05) is 0 Å². The maximum absolute atomic E-state index is 13.1. The lowest BCUT2D eigenvalue weighted by atomic mass is 10.0. The Labute approximate surface area is 136 Å². The summed E-state index contributed by atoms with van der Waals surface area (Å²) < 4.78 is 26.2. The number of rotatable bonds is 2. The van der Waals surface area contributed by atoms with Crippen molar-refractivity contribution in [2.75, 3.05) is 18.1 Å². The molecule has 6 nitrogen and oxygen atoms in total. The third-order valence-corrected chi connectivity index (χ3v) is 7.08. The number of aryl methyl sites for hydroxylation is 1. The molecule has 3 heterocycles. The van der Waals surface area contributed by atoms with Crippen molar-refractivity contribution in [1.82, 2.24) is 14.7 Å². The number of aromatic nitrogens is 2. The van der Waals surface area contributed by atoms with Gasteiger partial charge in [0.15, 0.2) is 9.84 Å². The van der Waals surface area contributed by atoms with Gasteiger partial charge in [0.25, 0.3) is 5.91 Å². The fourth-order valence-corrected chi connectivity index (χ4v) is 5.64. The zero-order valence-electron chi connectivity index (χ0n) is 13.3. The molecule has 23 heavy (non-hydrogen) atoms. The minimum Gasteiger partial charge on any atom is -0.334 e. The van der Waals surface area contributed by atoms with E-state index >= 15 is 0 Å². The second kappa shape index (κ2) is 5.61. The van der Waals surface area contributed by atoms with Crippen LogP contribution >= 0.6 is 0 Å². The van der Waals surface area contributed by atoms with Gasteiger partial charge in [0.1, 0.15) is 0 Å². The molecule has 1 atom stereocenters. The van der Waals surface area contributed by atoms with Gasteiger partial charge in [-0.3, -0.25) is 9.48 Å². The zero-order valence-corrected chi connectivity index (χ0v) is 14.1. The van der Waals surface area contributed by atoms with Crippen LogP contribution in [0.3, 0.4) is 0 Å². The number of fused-ring (bicyclic) bond motifs is 1. The quantitative estimate of drug-likeness (QED) is 0.814. The van der Waals surface area contributed by atoms with Crippen molar-refractivity contribution < 1.29 is 13.2 Å². The average Bonchev–Trinajstić information content (AvgIpc) is 3.29. The van der Waals surface area contributed by atoms with E-state index in [4.69, 9.17) is 0 Å². The number of carbonyl (C=O) groups excluding carboxylic acids is 1. The van der Waals surface area contributed by atoms with Crippen LogP contribution in [0.2, 0.25) is 0 Å². The van der Waals surface area contributed by atoms with Crippen LogP contribution in [-0.4, -0.2) is 53.1 Å². The number of sulfone groups is 1. The normalized spacial score (nSPS) is 27.3. The van der Waals surface area contributed by atoms with E-state index in [-0.39, 0.29) is 23.5 Å². The van der Waals surface area contributed by atoms with Gasteiger partial charge in [-0.25, -0.2) is 8.42 Å². The lowest BCUT2D eigenvalue weighted by molar-refractivity contribution is 0.0678. The fraction of sp³-hybridized carbons (Fsp3) is 0.750. The van der Waals surface area contributed by atoms with Crippen LogP contribution in [0.25, 0.3) is 0 Å². The molecule has 1 amide bonds. The standard InChI is InChI=1S/C16H23N3O3S/c20-16(13-10-17-19-8-2-1-4-14(13)19)18-7-3-9-23(21,22)11-15(18)12-5-6-12/h10,12,15H,1-9,11H2. The lowest BCUT2D eigenvalue weighted by Crippen LogP contribution is -2.44. The minimum absolute atomic E-state index is 0.0119. The van der Waals surface area contributed by atoms with Gasteiger partial charge >= 0.3 is 0 Å². The summed E-state index contributed by atoms with van der Waals surface area (Å²) in [6.07, 6.45) is 7.39. The van der Waals surface area contributed by atoms with Crippen LogP contribution in [0.4, 0.5) is 0 Å². The van der Waals surface area contributed by atoms with Crippen LogP contribution in [0, 0.1) is 5.92 Å². The Bertz CT molecular complexity index is 721. The highest BCUT2D eigenvalue weighted by atomic mass is 32.2. The van der Waals surface area contributed by atoms with Crippen molar-refractivity contribution in [3.05, 3.63) is 17.5 Å². The highest BCUT2D eigenvalue weighted by Crippen LogP contribution is 2.38. The van der Waals surface area contributed by atoms with Gasteiger partial charge in [-0.05, 0) is 44.4 Å². The molecule has 0 aromatic carbocycles. The Morgan fingerprint density at radius 3 is 2.78 bits per heavy atom. The van der Waals surface area contributed by atoms with Crippen LogP contribution in [-0.2, 0) is 22.8 Å². The van der Waals surface area contributed by atoms with Crippen molar-refractivity contribution in [1.29, 1.82) is 0 Å². The van der Waals surface area contributed by atoms with Crippen molar-refractivity contribution in [3.8, 4) is 0 Å². The summed E-state index contributed by atoms with van der Waals surface area (Å²) in [6, 6.07) is -0.144. The van der Waals surface area contributed by atoms with Gasteiger partial charge < -0.3 is 4.90 Å². The van der Waals surface area contributed by atoms with Crippen LogP contribution in [0.5, 0.6) is 0 Å². The van der Waals surface area contributed by atoms with Crippen molar-refractivity contribution in [2.45, 2.75) is 51.1 Å². The Morgan fingerprint density at radius 2 is 2.00 bits per heavy atom. The second-order valence-electron chi connectivity index (χ2n) is 7.06. The summed E-state index contributed by atoms with van der Waals surface area (Å²) in [4.78, 5) is 15.0. The highest BCUT2D eigenvalue weighted by Gasteiger charge is 2.42. The third kappa shape index (κ3) is 2.91. The topological polar surface area (TPSA) is 72.3 Å². The van der Waals surface area contributed by atoms with E-state index in [1.807, 2.05) is 9.58 Å². The predicted molar refractivity (Wildman–Crippen MR) is 86.0 cm³/mol. The first kappa shape index (κ1) is 15.2. The first-order chi connectivity index (χ1) is 11.1. The smallest absolute Gasteiger partial charge is 0.257 e. The molecular weight excluding hydrogens is 314 g/mol. The molecule has 7 heteroatoms. The van der Waals surface area contributed by atoms with E-state index in [9.17, 15) is 13.2 Å². The molecule has 1 unspecified atom stereocenters. The maximum atomic E-state index is 13.1. The molecule has 1 saturated heterocycles. The van der Waals surface area contributed by atoms with Gasteiger partial charge in [0.05, 0.1) is 29.0 Å². The molecule has 1 aliphatic carbocycles. The monoisotopic (exact) mass is 337 g/mol. The highest BCUT2D eigenvalue weighted by molar-refractivity contribution is 7.91. The van der Waals surface area contributed by atoms with Crippen molar-refractivity contribution >= 4 is 15.7 Å². The SMILES string of the molecule is O=C(c1cnn2c1CCCC2)N1CCCS(=O)(=O)CC1C1CC1. The molecule has 2 fully saturated rings. The molecule has 4 rings (SSSR count). The fourth-order valence-electron chi connectivity index (χ4n) is 3.93. The molecule has 1 aromatic rings. The van der Waals surface area contributed by atoms with Gasteiger partial charge in [0, 0.05) is 19.1 Å². The summed E-state index contributed by atoms with van der Waals surface area (Å²) in [5, 5.41) is 4.36. The van der Waals surface area contributed by atoms with Gasteiger partial charge in [-0.15, -0.1) is 0 Å².